The van der Waals surface area contributed by atoms with E-state index in [2.05, 4.69) is 16.6 Å². The van der Waals surface area contributed by atoms with Gasteiger partial charge in [0.2, 0.25) is 5.89 Å². The molecular formula is C18H22N2O4. The summed E-state index contributed by atoms with van der Waals surface area (Å²) >= 11 is 0. The van der Waals surface area contributed by atoms with Crippen molar-refractivity contribution in [3.8, 4) is 0 Å². The standard InChI is InChI=1S/C18H22N2O4/c1-4-10-20(11-16-19-15(12-24-16)18(22)23-3)17(21)14-8-6-13(5-2)7-9-14/h6-9,12H,4-5,10-11H2,1-3H3. The molecule has 0 bridgehead atoms. The summed E-state index contributed by atoms with van der Waals surface area (Å²) < 4.78 is 9.88. The van der Waals surface area contributed by atoms with Crippen molar-refractivity contribution in [2.75, 3.05) is 13.7 Å². The second-order valence-electron chi connectivity index (χ2n) is 5.40. The molecule has 0 atom stereocenters. The highest BCUT2D eigenvalue weighted by Crippen LogP contribution is 2.13. The van der Waals surface area contributed by atoms with Crippen molar-refractivity contribution in [3.05, 3.63) is 53.2 Å². The number of hydrogen-bond donors (Lipinski definition) is 0. The first-order chi connectivity index (χ1) is 11.6. The van der Waals surface area contributed by atoms with E-state index in [1.807, 2.05) is 31.2 Å². The predicted octanol–water partition coefficient (Wildman–Crippen LogP) is 3.08. The first-order valence-corrected chi connectivity index (χ1v) is 8.00. The molecule has 6 heteroatoms. The van der Waals surface area contributed by atoms with Gasteiger partial charge in [-0.05, 0) is 30.5 Å². The highest BCUT2D eigenvalue weighted by Gasteiger charge is 2.19. The molecule has 0 fully saturated rings. The third-order valence-electron chi connectivity index (χ3n) is 3.66. The summed E-state index contributed by atoms with van der Waals surface area (Å²) in [5.41, 5.74) is 1.91. The van der Waals surface area contributed by atoms with Crippen molar-refractivity contribution < 1.29 is 18.7 Å². The molecule has 0 aliphatic carbocycles. The van der Waals surface area contributed by atoms with Crippen LogP contribution in [-0.4, -0.2) is 35.4 Å². The number of oxazole rings is 1. The zero-order valence-electron chi connectivity index (χ0n) is 14.2. The number of carbonyl (C=O) groups excluding carboxylic acids is 2. The maximum atomic E-state index is 12.7. The van der Waals surface area contributed by atoms with Crippen LogP contribution in [-0.2, 0) is 17.7 Å². The molecule has 6 nitrogen and oxygen atoms in total. The van der Waals surface area contributed by atoms with E-state index in [1.54, 1.807) is 4.90 Å². The number of aryl methyl sites for hydroxylation is 1. The zero-order valence-corrected chi connectivity index (χ0v) is 14.2. The van der Waals surface area contributed by atoms with Crippen LogP contribution < -0.4 is 0 Å². The van der Waals surface area contributed by atoms with Crippen LogP contribution in [0.1, 0.15) is 52.6 Å². The second kappa shape index (κ2) is 8.29. The minimum atomic E-state index is -0.562. The highest BCUT2D eigenvalue weighted by molar-refractivity contribution is 5.94. The number of ether oxygens (including phenoxy) is 1. The highest BCUT2D eigenvalue weighted by atomic mass is 16.5. The van der Waals surface area contributed by atoms with Gasteiger partial charge in [-0.3, -0.25) is 4.79 Å². The Bertz CT molecular complexity index is 691. The van der Waals surface area contributed by atoms with E-state index < -0.39 is 5.97 Å². The Morgan fingerprint density at radius 1 is 1.21 bits per heavy atom. The monoisotopic (exact) mass is 330 g/mol. The lowest BCUT2D eigenvalue weighted by molar-refractivity contribution is 0.0594. The smallest absolute Gasteiger partial charge is 0.360 e. The Balaban J connectivity index is 2.14. The Labute approximate surface area is 141 Å². The lowest BCUT2D eigenvalue weighted by Gasteiger charge is -2.20. The number of carbonyl (C=O) groups is 2. The van der Waals surface area contributed by atoms with Crippen LogP contribution in [0.4, 0.5) is 0 Å². The van der Waals surface area contributed by atoms with Crippen molar-refractivity contribution in [3.63, 3.8) is 0 Å². The molecule has 128 valence electrons. The van der Waals surface area contributed by atoms with Gasteiger partial charge in [0.15, 0.2) is 5.69 Å². The molecule has 0 N–H and O–H groups in total. The van der Waals surface area contributed by atoms with Gasteiger partial charge in [-0.1, -0.05) is 26.0 Å². The predicted molar refractivity (Wildman–Crippen MR) is 88.7 cm³/mol. The van der Waals surface area contributed by atoms with Crippen molar-refractivity contribution in [2.45, 2.75) is 33.2 Å². The van der Waals surface area contributed by atoms with Crippen LogP contribution >= 0.6 is 0 Å². The molecule has 0 unspecified atom stereocenters. The summed E-state index contributed by atoms with van der Waals surface area (Å²) in [6, 6.07) is 7.58. The van der Waals surface area contributed by atoms with Crippen molar-refractivity contribution in [1.82, 2.24) is 9.88 Å². The topological polar surface area (TPSA) is 72.6 Å². The van der Waals surface area contributed by atoms with Crippen molar-refractivity contribution in [1.29, 1.82) is 0 Å². The molecule has 0 saturated carbocycles. The van der Waals surface area contributed by atoms with E-state index in [0.717, 1.165) is 12.8 Å². The SMILES string of the molecule is CCCN(Cc1nc(C(=O)OC)co1)C(=O)c1ccc(CC)cc1. The second-order valence-corrected chi connectivity index (χ2v) is 5.40. The van der Waals surface area contributed by atoms with E-state index in [-0.39, 0.29) is 18.1 Å². The Hall–Kier alpha value is -2.63. The van der Waals surface area contributed by atoms with E-state index >= 15 is 0 Å². The lowest BCUT2D eigenvalue weighted by Crippen LogP contribution is -2.31. The fourth-order valence-electron chi connectivity index (χ4n) is 2.33. The third-order valence-corrected chi connectivity index (χ3v) is 3.66. The lowest BCUT2D eigenvalue weighted by atomic mass is 10.1. The summed E-state index contributed by atoms with van der Waals surface area (Å²) in [4.78, 5) is 29.9. The molecule has 0 aliphatic heterocycles. The molecule has 24 heavy (non-hydrogen) atoms. The summed E-state index contributed by atoms with van der Waals surface area (Å²) in [6.07, 6.45) is 2.98. The summed E-state index contributed by atoms with van der Waals surface area (Å²) in [5, 5.41) is 0. The number of benzene rings is 1. The van der Waals surface area contributed by atoms with Crippen LogP contribution in [0, 0.1) is 0 Å². The Morgan fingerprint density at radius 3 is 2.50 bits per heavy atom. The van der Waals surface area contributed by atoms with Gasteiger partial charge in [0.05, 0.1) is 13.7 Å². The van der Waals surface area contributed by atoms with Gasteiger partial charge < -0.3 is 14.1 Å². The van der Waals surface area contributed by atoms with E-state index in [9.17, 15) is 9.59 Å². The molecule has 0 aliphatic rings. The van der Waals surface area contributed by atoms with Gasteiger partial charge in [0, 0.05) is 12.1 Å². The fourth-order valence-corrected chi connectivity index (χ4v) is 2.33. The van der Waals surface area contributed by atoms with E-state index in [0.29, 0.717) is 18.0 Å². The Morgan fingerprint density at radius 2 is 1.92 bits per heavy atom. The zero-order chi connectivity index (χ0) is 17.5. The fraction of sp³-hybridized carbons (Fsp3) is 0.389. The van der Waals surface area contributed by atoms with Gasteiger partial charge in [0.1, 0.15) is 6.26 Å². The molecule has 1 heterocycles. The normalized spacial score (nSPS) is 10.5. The average Bonchev–Trinajstić information content (AvgIpc) is 3.08. The van der Waals surface area contributed by atoms with Gasteiger partial charge in [-0.15, -0.1) is 0 Å². The largest absolute Gasteiger partial charge is 0.464 e. The van der Waals surface area contributed by atoms with E-state index in [4.69, 9.17) is 4.42 Å². The number of amides is 1. The third kappa shape index (κ3) is 4.22. The van der Waals surface area contributed by atoms with Crippen LogP contribution in [0.25, 0.3) is 0 Å². The summed E-state index contributed by atoms with van der Waals surface area (Å²) in [7, 11) is 1.28. The molecular weight excluding hydrogens is 308 g/mol. The number of aromatic nitrogens is 1. The molecule has 0 radical (unpaired) electrons. The summed E-state index contributed by atoms with van der Waals surface area (Å²) in [6.45, 7) is 4.85. The maximum absolute atomic E-state index is 12.7. The van der Waals surface area contributed by atoms with Gasteiger partial charge in [-0.2, -0.15) is 0 Å². The van der Waals surface area contributed by atoms with Crippen molar-refractivity contribution in [2.24, 2.45) is 0 Å². The molecule has 0 saturated heterocycles. The molecule has 1 amide bonds. The number of nitrogens with zero attached hydrogens (tertiary/aromatic N) is 2. The quantitative estimate of drug-likeness (QED) is 0.730. The van der Waals surface area contributed by atoms with Crippen LogP contribution in [0.5, 0.6) is 0 Å². The maximum Gasteiger partial charge on any atom is 0.360 e. The van der Waals surface area contributed by atoms with Gasteiger partial charge >= 0.3 is 5.97 Å². The number of methoxy groups -OCH3 is 1. The first kappa shape index (κ1) is 17.7. The van der Waals surface area contributed by atoms with Crippen LogP contribution in [0.2, 0.25) is 0 Å². The number of esters is 1. The van der Waals surface area contributed by atoms with Crippen molar-refractivity contribution >= 4 is 11.9 Å². The average molecular weight is 330 g/mol. The van der Waals surface area contributed by atoms with E-state index in [1.165, 1.54) is 18.9 Å². The molecule has 1 aromatic carbocycles. The molecule has 0 spiro atoms. The van der Waals surface area contributed by atoms with Gasteiger partial charge in [0.25, 0.3) is 5.91 Å². The minimum Gasteiger partial charge on any atom is -0.464 e. The van der Waals surface area contributed by atoms with Gasteiger partial charge in [-0.25, -0.2) is 9.78 Å². The molecule has 1 aromatic heterocycles. The Kier molecular flexibility index (Phi) is 6.12. The summed E-state index contributed by atoms with van der Waals surface area (Å²) in [5.74, 6) is -0.340. The minimum absolute atomic E-state index is 0.0858. The molecule has 2 aromatic rings. The number of hydrogen-bond acceptors (Lipinski definition) is 5. The first-order valence-electron chi connectivity index (χ1n) is 8.00. The van der Waals surface area contributed by atoms with Crippen LogP contribution in [0.15, 0.2) is 34.9 Å². The molecule has 2 rings (SSSR count). The number of rotatable bonds is 7. The van der Waals surface area contributed by atoms with Crippen LogP contribution in [0.3, 0.4) is 0 Å².